The molecule has 0 bridgehead atoms. The second-order valence-corrected chi connectivity index (χ2v) is 4.78. The number of amides is 1. The van der Waals surface area contributed by atoms with E-state index in [2.05, 4.69) is 0 Å². The number of fused-ring (bicyclic) bond motifs is 1. The number of primary amides is 1. The van der Waals surface area contributed by atoms with Crippen LogP contribution in [-0.4, -0.2) is 17.1 Å². The number of carbonyl (C=O) groups excluding carboxylic acids is 1. The van der Waals surface area contributed by atoms with Gasteiger partial charge in [-0.3, -0.25) is 4.79 Å². The SMILES string of the molecule is NC(=O)C1C(O)CCC2CCCCC21. The van der Waals surface area contributed by atoms with Crippen molar-refractivity contribution >= 4 is 5.91 Å². The van der Waals surface area contributed by atoms with Crippen LogP contribution in [0.25, 0.3) is 0 Å². The zero-order valence-corrected chi connectivity index (χ0v) is 8.48. The minimum Gasteiger partial charge on any atom is -0.392 e. The number of rotatable bonds is 1. The Hall–Kier alpha value is -0.570. The second-order valence-electron chi connectivity index (χ2n) is 4.78. The van der Waals surface area contributed by atoms with Crippen molar-refractivity contribution < 1.29 is 9.90 Å². The van der Waals surface area contributed by atoms with Gasteiger partial charge in [0, 0.05) is 0 Å². The molecule has 0 radical (unpaired) electrons. The molecule has 14 heavy (non-hydrogen) atoms. The first kappa shape index (κ1) is 9.97. The van der Waals surface area contributed by atoms with Crippen LogP contribution in [0.15, 0.2) is 0 Å². The molecule has 2 saturated carbocycles. The molecule has 1 amide bonds. The fraction of sp³-hybridized carbons (Fsp3) is 0.909. The van der Waals surface area contributed by atoms with Crippen LogP contribution in [0, 0.1) is 17.8 Å². The zero-order chi connectivity index (χ0) is 10.1. The van der Waals surface area contributed by atoms with E-state index in [-0.39, 0.29) is 11.8 Å². The van der Waals surface area contributed by atoms with E-state index in [1.54, 1.807) is 0 Å². The number of carbonyl (C=O) groups is 1. The van der Waals surface area contributed by atoms with Gasteiger partial charge >= 0.3 is 0 Å². The Morgan fingerprint density at radius 3 is 2.57 bits per heavy atom. The maximum absolute atomic E-state index is 11.3. The molecule has 0 aromatic carbocycles. The predicted octanol–water partition coefficient (Wildman–Crippen LogP) is 1.05. The lowest BCUT2D eigenvalue weighted by Gasteiger charge is -2.42. The van der Waals surface area contributed by atoms with Crippen molar-refractivity contribution in [2.45, 2.75) is 44.6 Å². The van der Waals surface area contributed by atoms with Crippen molar-refractivity contribution in [2.24, 2.45) is 23.5 Å². The van der Waals surface area contributed by atoms with Gasteiger partial charge in [-0.25, -0.2) is 0 Å². The molecule has 80 valence electrons. The summed E-state index contributed by atoms with van der Waals surface area (Å²) >= 11 is 0. The standard InChI is InChI=1S/C11H19NO2/c12-11(14)10-8-4-2-1-3-7(8)5-6-9(10)13/h7-10,13H,1-6H2,(H2,12,14). The Morgan fingerprint density at radius 2 is 1.86 bits per heavy atom. The summed E-state index contributed by atoms with van der Waals surface area (Å²) < 4.78 is 0. The molecule has 0 aliphatic heterocycles. The fourth-order valence-electron chi connectivity index (χ4n) is 3.32. The van der Waals surface area contributed by atoms with Crippen molar-refractivity contribution in [1.82, 2.24) is 0 Å². The van der Waals surface area contributed by atoms with Crippen LogP contribution >= 0.6 is 0 Å². The van der Waals surface area contributed by atoms with Crippen LogP contribution in [-0.2, 0) is 4.79 Å². The minimum absolute atomic E-state index is 0.269. The Bertz CT molecular complexity index is 229. The van der Waals surface area contributed by atoms with E-state index in [0.29, 0.717) is 11.8 Å². The van der Waals surface area contributed by atoms with Gasteiger partial charge in [0.25, 0.3) is 0 Å². The van der Waals surface area contributed by atoms with E-state index in [1.807, 2.05) is 0 Å². The molecule has 2 rings (SSSR count). The third-order valence-electron chi connectivity index (χ3n) is 4.01. The average molecular weight is 197 g/mol. The van der Waals surface area contributed by atoms with Crippen molar-refractivity contribution in [3.8, 4) is 0 Å². The van der Waals surface area contributed by atoms with Gasteiger partial charge in [0.15, 0.2) is 0 Å². The number of aliphatic hydroxyl groups is 1. The largest absolute Gasteiger partial charge is 0.392 e. The highest BCUT2D eigenvalue weighted by molar-refractivity contribution is 5.77. The van der Waals surface area contributed by atoms with Gasteiger partial charge in [-0.2, -0.15) is 0 Å². The van der Waals surface area contributed by atoms with Gasteiger partial charge in [-0.05, 0) is 31.1 Å². The summed E-state index contributed by atoms with van der Waals surface area (Å²) in [5.74, 6) is 0.442. The maximum atomic E-state index is 11.3. The number of aliphatic hydroxyl groups excluding tert-OH is 1. The van der Waals surface area contributed by atoms with Crippen molar-refractivity contribution in [3.05, 3.63) is 0 Å². The van der Waals surface area contributed by atoms with Crippen LogP contribution in [0.4, 0.5) is 0 Å². The smallest absolute Gasteiger partial charge is 0.223 e. The van der Waals surface area contributed by atoms with Crippen molar-refractivity contribution in [1.29, 1.82) is 0 Å². The molecule has 2 aliphatic rings. The lowest BCUT2D eigenvalue weighted by atomic mass is 9.64. The van der Waals surface area contributed by atoms with E-state index in [4.69, 9.17) is 5.73 Å². The van der Waals surface area contributed by atoms with Crippen LogP contribution < -0.4 is 5.73 Å². The van der Waals surface area contributed by atoms with Gasteiger partial charge in [-0.15, -0.1) is 0 Å². The molecule has 0 saturated heterocycles. The van der Waals surface area contributed by atoms with Gasteiger partial charge in [0.1, 0.15) is 0 Å². The summed E-state index contributed by atoms with van der Waals surface area (Å²) in [6.07, 6.45) is 6.13. The van der Waals surface area contributed by atoms with Crippen molar-refractivity contribution in [3.63, 3.8) is 0 Å². The number of hydrogen-bond donors (Lipinski definition) is 2. The normalized spacial score (nSPS) is 42.9. The van der Waals surface area contributed by atoms with Crippen LogP contribution in [0.2, 0.25) is 0 Å². The van der Waals surface area contributed by atoms with Crippen molar-refractivity contribution in [2.75, 3.05) is 0 Å². The van der Waals surface area contributed by atoms with Crippen LogP contribution in [0.5, 0.6) is 0 Å². The molecule has 2 aliphatic carbocycles. The Kier molecular flexibility index (Phi) is 2.77. The van der Waals surface area contributed by atoms with E-state index < -0.39 is 6.10 Å². The summed E-state index contributed by atoms with van der Waals surface area (Å²) in [7, 11) is 0. The molecule has 0 aromatic heterocycles. The first-order valence-electron chi connectivity index (χ1n) is 5.67. The fourth-order valence-corrected chi connectivity index (χ4v) is 3.32. The summed E-state index contributed by atoms with van der Waals surface area (Å²) in [5.41, 5.74) is 5.37. The zero-order valence-electron chi connectivity index (χ0n) is 8.48. The quantitative estimate of drug-likeness (QED) is 0.660. The predicted molar refractivity (Wildman–Crippen MR) is 53.4 cm³/mol. The van der Waals surface area contributed by atoms with Crippen LogP contribution in [0.1, 0.15) is 38.5 Å². The van der Waals surface area contributed by atoms with Gasteiger partial charge in [-0.1, -0.05) is 19.3 Å². The third kappa shape index (κ3) is 1.65. The Labute approximate surface area is 84.7 Å². The van der Waals surface area contributed by atoms with Crippen LogP contribution in [0.3, 0.4) is 0 Å². The molecular formula is C11H19NO2. The number of nitrogens with two attached hydrogens (primary N) is 1. The molecule has 2 fully saturated rings. The summed E-state index contributed by atoms with van der Waals surface area (Å²) in [6, 6.07) is 0. The molecule has 0 spiro atoms. The molecule has 0 heterocycles. The Balaban J connectivity index is 2.13. The molecule has 3 nitrogen and oxygen atoms in total. The topological polar surface area (TPSA) is 63.3 Å². The van der Waals surface area contributed by atoms with Gasteiger partial charge in [0.2, 0.25) is 5.91 Å². The van der Waals surface area contributed by atoms with E-state index in [0.717, 1.165) is 19.3 Å². The molecule has 4 unspecified atom stereocenters. The highest BCUT2D eigenvalue weighted by atomic mass is 16.3. The highest BCUT2D eigenvalue weighted by Crippen LogP contribution is 2.43. The highest BCUT2D eigenvalue weighted by Gasteiger charge is 2.42. The molecule has 0 aromatic rings. The monoisotopic (exact) mass is 197 g/mol. The number of hydrogen-bond acceptors (Lipinski definition) is 2. The molecular weight excluding hydrogens is 178 g/mol. The average Bonchev–Trinajstić information content (AvgIpc) is 2.17. The lowest BCUT2D eigenvalue weighted by molar-refractivity contribution is -0.133. The lowest BCUT2D eigenvalue weighted by Crippen LogP contribution is -2.46. The van der Waals surface area contributed by atoms with E-state index in [9.17, 15) is 9.90 Å². The summed E-state index contributed by atoms with van der Waals surface area (Å²) in [5, 5.41) is 9.78. The van der Waals surface area contributed by atoms with E-state index >= 15 is 0 Å². The summed E-state index contributed by atoms with van der Waals surface area (Å²) in [6.45, 7) is 0. The first-order valence-corrected chi connectivity index (χ1v) is 5.67. The van der Waals surface area contributed by atoms with E-state index in [1.165, 1.54) is 19.3 Å². The second kappa shape index (κ2) is 3.89. The maximum Gasteiger partial charge on any atom is 0.223 e. The van der Waals surface area contributed by atoms with Gasteiger partial charge in [0.05, 0.1) is 12.0 Å². The third-order valence-corrected chi connectivity index (χ3v) is 4.01. The molecule has 4 atom stereocenters. The Morgan fingerprint density at radius 1 is 1.14 bits per heavy atom. The first-order chi connectivity index (χ1) is 6.70. The summed E-state index contributed by atoms with van der Waals surface area (Å²) in [4.78, 5) is 11.3. The molecule has 3 heteroatoms. The van der Waals surface area contributed by atoms with Gasteiger partial charge < -0.3 is 10.8 Å². The minimum atomic E-state index is -0.480. The molecule has 3 N–H and O–H groups in total.